The maximum atomic E-state index is 13.1. The Labute approximate surface area is 159 Å². The van der Waals surface area contributed by atoms with E-state index in [4.69, 9.17) is 0 Å². The molecule has 0 amide bonds. The molecule has 0 aliphatic heterocycles. The molecule has 0 radical (unpaired) electrons. The smallest absolute Gasteiger partial charge is 0.346 e. The molecule has 0 aromatic carbocycles. The maximum absolute atomic E-state index is 13.1. The first-order valence-electron chi connectivity index (χ1n) is 7.60. The number of halogens is 12. The third-order valence-electron chi connectivity index (χ3n) is 3.76. The second-order valence-corrected chi connectivity index (χ2v) is 18.6. The highest BCUT2D eigenvalue weighted by atomic mass is 29.3. The van der Waals surface area contributed by atoms with E-state index < -0.39 is 72.8 Å². The highest BCUT2D eigenvalue weighted by Gasteiger charge is 2.58. The van der Waals surface area contributed by atoms with E-state index >= 15 is 0 Å². The van der Waals surface area contributed by atoms with E-state index in [1.165, 1.54) is 0 Å². The zero-order chi connectivity index (χ0) is 23.5. The normalized spacial score (nSPS) is 15.1. The Kier molecular flexibility index (Phi) is 9.56. The highest BCUT2D eigenvalue weighted by Crippen LogP contribution is 2.33. The molecule has 0 aliphatic carbocycles. The van der Waals surface area contributed by atoms with Crippen LogP contribution in [0.25, 0.3) is 0 Å². The molecule has 0 heterocycles. The fourth-order valence-electron chi connectivity index (χ4n) is 1.45. The minimum Gasteiger partial charge on any atom is -0.408 e. The number of hydrogen-bond acceptors (Lipinski definition) is 3. The van der Waals surface area contributed by atoms with Gasteiger partial charge in [-0.25, -0.2) is 26.3 Å². The average molecular weight is 494 g/mol. The van der Waals surface area contributed by atoms with Gasteiger partial charge in [0.1, 0.15) is 19.8 Å². The van der Waals surface area contributed by atoms with Gasteiger partial charge in [-0.3, -0.25) is 0 Å². The summed E-state index contributed by atoms with van der Waals surface area (Å²) in [6.07, 6.45) is -12.7. The molecule has 0 bridgehead atoms. The van der Waals surface area contributed by atoms with E-state index in [0.29, 0.717) is 6.55 Å². The number of hydrogen-bond donors (Lipinski definition) is 0. The summed E-state index contributed by atoms with van der Waals surface area (Å²) in [6, 6.07) is 0. The van der Waals surface area contributed by atoms with Crippen molar-refractivity contribution in [2.24, 2.45) is 0 Å². The predicted octanol–water partition coefficient (Wildman–Crippen LogP) is 5.09. The van der Waals surface area contributed by atoms with Crippen LogP contribution >= 0.6 is 0 Å². The van der Waals surface area contributed by atoms with Crippen LogP contribution in [0.5, 0.6) is 0 Å². The van der Waals surface area contributed by atoms with Crippen molar-refractivity contribution >= 4 is 15.9 Å². The number of rotatable bonds is 13. The molecule has 0 aromatic heterocycles. The van der Waals surface area contributed by atoms with Crippen molar-refractivity contribution in [1.82, 2.24) is 0 Å². The standard InChI is InChI=1S/C12H18F12O3Si2/c1-28(2,25-4-10(19,20)7(13)14)29(3,26-5-11(21,22)8(15)16)27-6-12(23,24)9(17)18/h7-9H,4-6H2,1-3H3. The summed E-state index contributed by atoms with van der Waals surface area (Å²) >= 11 is 0. The second-order valence-electron chi connectivity index (χ2n) is 6.51. The Morgan fingerprint density at radius 2 is 0.793 bits per heavy atom. The molecule has 0 fully saturated rings. The Balaban J connectivity index is 5.63. The van der Waals surface area contributed by atoms with Gasteiger partial charge in [-0.15, -0.1) is 0 Å². The molecule has 176 valence electrons. The first-order valence-corrected chi connectivity index (χ1v) is 13.8. The van der Waals surface area contributed by atoms with Crippen LogP contribution in [-0.4, -0.2) is 72.8 Å². The van der Waals surface area contributed by atoms with Crippen LogP contribution in [0.2, 0.25) is 19.6 Å². The Morgan fingerprint density at radius 1 is 0.552 bits per heavy atom. The second kappa shape index (κ2) is 9.74. The summed E-state index contributed by atoms with van der Waals surface area (Å²) in [5.41, 5.74) is 0. The van der Waals surface area contributed by atoms with Crippen molar-refractivity contribution in [2.75, 3.05) is 19.8 Å². The lowest BCUT2D eigenvalue weighted by Crippen LogP contribution is -2.66. The zero-order valence-electron chi connectivity index (χ0n) is 15.1. The molecule has 3 nitrogen and oxygen atoms in total. The molecule has 0 saturated carbocycles. The van der Waals surface area contributed by atoms with Gasteiger partial charge in [-0.05, 0) is 19.6 Å². The molecule has 0 aromatic rings. The van der Waals surface area contributed by atoms with Crippen molar-refractivity contribution in [2.45, 2.75) is 56.7 Å². The van der Waals surface area contributed by atoms with Crippen molar-refractivity contribution in [3.05, 3.63) is 0 Å². The summed E-state index contributed by atoms with van der Waals surface area (Å²) in [5.74, 6) is -14.4. The third kappa shape index (κ3) is 7.91. The third-order valence-corrected chi connectivity index (χ3v) is 16.1. The van der Waals surface area contributed by atoms with E-state index in [1.54, 1.807) is 0 Å². The topological polar surface area (TPSA) is 27.7 Å². The lowest BCUT2D eigenvalue weighted by atomic mass is 10.4. The fourth-order valence-corrected chi connectivity index (χ4v) is 7.51. The molecule has 17 heteroatoms. The van der Waals surface area contributed by atoms with Crippen LogP contribution in [0.1, 0.15) is 0 Å². The lowest BCUT2D eigenvalue weighted by Gasteiger charge is -2.40. The van der Waals surface area contributed by atoms with Gasteiger partial charge in [0.15, 0.2) is 0 Å². The van der Waals surface area contributed by atoms with Gasteiger partial charge >= 0.3 is 45.1 Å². The van der Waals surface area contributed by atoms with E-state index in [0.717, 1.165) is 13.1 Å². The van der Waals surface area contributed by atoms with Gasteiger partial charge in [0, 0.05) is 0 Å². The van der Waals surface area contributed by atoms with Crippen molar-refractivity contribution in [3.63, 3.8) is 0 Å². The molecular weight excluding hydrogens is 476 g/mol. The van der Waals surface area contributed by atoms with E-state index in [-0.39, 0.29) is 0 Å². The molecule has 0 N–H and O–H groups in total. The molecule has 0 spiro atoms. The van der Waals surface area contributed by atoms with Crippen molar-refractivity contribution < 1.29 is 66.0 Å². The maximum Gasteiger partial charge on any atom is 0.346 e. The number of alkyl halides is 12. The summed E-state index contributed by atoms with van der Waals surface area (Å²) in [5, 5.41) is 0. The zero-order valence-corrected chi connectivity index (χ0v) is 17.1. The minimum atomic E-state index is -4.82. The van der Waals surface area contributed by atoms with Gasteiger partial charge in [-0.2, -0.15) is 26.3 Å². The van der Waals surface area contributed by atoms with E-state index in [2.05, 4.69) is 13.3 Å². The Hall–Kier alpha value is -0.526. The quantitative estimate of drug-likeness (QED) is 0.264. The van der Waals surface area contributed by atoms with Crippen LogP contribution in [0.3, 0.4) is 0 Å². The molecule has 0 atom stereocenters. The van der Waals surface area contributed by atoms with Crippen LogP contribution in [0, 0.1) is 0 Å². The van der Waals surface area contributed by atoms with Crippen molar-refractivity contribution in [1.29, 1.82) is 0 Å². The minimum absolute atomic E-state index is 0.669. The SMILES string of the molecule is C[Si](C)(OCC(F)(F)C(F)F)[Si](C)(OCC(F)(F)C(F)F)OCC(F)(F)C(F)F. The first-order chi connectivity index (χ1) is 12.7. The summed E-state index contributed by atoms with van der Waals surface area (Å²) in [6.45, 7) is -3.85. The average Bonchev–Trinajstić information content (AvgIpc) is 2.56. The van der Waals surface area contributed by atoms with Gasteiger partial charge in [0.05, 0.1) is 0 Å². The predicted molar refractivity (Wildman–Crippen MR) is 79.8 cm³/mol. The van der Waals surface area contributed by atoms with Gasteiger partial charge < -0.3 is 13.3 Å². The van der Waals surface area contributed by atoms with Crippen LogP contribution in [-0.2, 0) is 13.3 Å². The molecule has 0 rings (SSSR count). The van der Waals surface area contributed by atoms with Crippen molar-refractivity contribution in [3.8, 4) is 0 Å². The molecular formula is C12H18F12O3Si2. The van der Waals surface area contributed by atoms with Crippen LogP contribution in [0.15, 0.2) is 0 Å². The Bertz CT molecular complexity index is 494. The highest BCUT2D eigenvalue weighted by molar-refractivity contribution is 7.33. The van der Waals surface area contributed by atoms with Gasteiger partial charge in [0.25, 0.3) is 0 Å². The summed E-state index contributed by atoms with van der Waals surface area (Å²) < 4.78 is 166. The van der Waals surface area contributed by atoms with Gasteiger partial charge in [-0.1, -0.05) is 0 Å². The fraction of sp³-hybridized carbons (Fsp3) is 1.00. The summed E-state index contributed by atoms with van der Waals surface area (Å²) in [4.78, 5) is 0. The molecule has 29 heavy (non-hydrogen) atoms. The Morgan fingerprint density at radius 3 is 1.03 bits per heavy atom. The molecule has 0 aliphatic rings. The van der Waals surface area contributed by atoms with Crippen LogP contribution < -0.4 is 0 Å². The molecule has 0 unspecified atom stereocenters. The van der Waals surface area contributed by atoms with E-state index in [1.807, 2.05) is 0 Å². The lowest BCUT2D eigenvalue weighted by molar-refractivity contribution is -0.163. The van der Waals surface area contributed by atoms with E-state index in [9.17, 15) is 52.7 Å². The summed E-state index contributed by atoms with van der Waals surface area (Å²) in [7, 11) is -8.87. The first kappa shape index (κ1) is 28.5. The van der Waals surface area contributed by atoms with Gasteiger partial charge in [0.2, 0.25) is 7.83 Å². The van der Waals surface area contributed by atoms with Crippen LogP contribution in [0.4, 0.5) is 52.7 Å². The molecule has 0 saturated heterocycles. The largest absolute Gasteiger partial charge is 0.408 e. The monoisotopic (exact) mass is 494 g/mol.